The van der Waals surface area contributed by atoms with Gasteiger partial charge >= 0.3 is 0 Å². The lowest BCUT2D eigenvalue weighted by Crippen LogP contribution is -2.12. The summed E-state index contributed by atoms with van der Waals surface area (Å²) in [5, 5.41) is 26.4. The number of thiazole rings is 1. The van der Waals surface area contributed by atoms with Crippen LogP contribution in [0.25, 0.3) is 11.3 Å². The van der Waals surface area contributed by atoms with E-state index in [4.69, 9.17) is 0 Å². The van der Waals surface area contributed by atoms with Crippen LogP contribution >= 0.6 is 11.3 Å². The zero-order valence-corrected chi connectivity index (χ0v) is 18.0. The summed E-state index contributed by atoms with van der Waals surface area (Å²) in [6, 6.07) is 13.7. The molecule has 0 radical (unpaired) electrons. The lowest BCUT2D eigenvalue weighted by Gasteiger charge is -2.22. The van der Waals surface area contributed by atoms with Crippen LogP contribution in [0, 0.1) is 0 Å². The molecule has 0 unspecified atom stereocenters. The molecule has 1 aliphatic carbocycles. The van der Waals surface area contributed by atoms with E-state index < -0.39 is 0 Å². The average Bonchev–Trinajstić information content (AvgIpc) is 3.18. The van der Waals surface area contributed by atoms with Crippen molar-refractivity contribution >= 4 is 17.6 Å². The molecule has 6 heteroatoms. The van der Waals surface area contributed by atoms with Crippen molar-refractivity contribution in [1.82, 2.24) is 4.68 Å². The minimum atomic E-state index is -0.176. The van der Waals surface area contributed by atoms with Crippen LogP contribution in [0.5, 0.6) is 11.5 Å². The molecule has 30 heavy (non-hydrogen) atoms. The zero-order chi connectivity index (χ0) is 20.9. The smallest absolute Gasteiger partial charge is 0.206 e. The second-order valence-corrected chi connectivity index (χ2v) is 8.44. The van der Waals surface area contributed by atoms with E-state index in [0.29, 0.717) is 18.0 Å². The number of para-hydroxylation sites is 1. The van der Waals surface area contributed by atoms with Crippen LogP contribution in [0.3, 0.4) is 0 Å². The number of hydrogen-bond acceptors (Lipinski definition) is 5. The van der Waals surface area contributed by atoms with E-state index in [0.717, 1.165) is 16.1 Å². The lowest BCUT2D eigenvalue weighted by molar-refractivity contribution is 0.403. The van der Waals surface area contributed by atoms with Crippen LogP contribution in [0.15, 0.2) is 57.9 Å². The van der Waals surface area contributed by atoms with Crippen molar-refractivity contribution in [1.29, 1.82) is 0 Å². The molecule has 5 nitrogen and oxygen atoms in total. The highest BCUT2D eigenvalue weighted by Crippen LogP contribution is 2.33. The molecular formula is C24H27N3O2S. The summed E-state index contributed by atoms with van der Waals surface area (Å²) in [4.78, 5) is 5.34. The molecule has 0 amide bonds. The standard InChI is InChI=1S/C24H27N3O2S/c1-2-25-24-27(26-15-20-9-6-10-22(28)23(20)29)21(16-30-24)19-13-11-18(12-14-19)17-7-4-3-5-8-17/h6,9-17,28-29H,2-5,7-8H2,1H3. The molecule has 2 N–H and O–H groups in total. The maximum absolute atomic E-state index is 10.1. The summed E-state index contributed by atoms with van der Waals surface area (Å²) >= 11 is 1.54. The number of benzene rings is 2. The molecule has 1 aliphatic rings. The van der Waals surface area contributed by atoms with Gasteiger partial charge in [0, 0.05) is 23.1 Å². The Morgan fingerprint density at radius 1 is 1.07 bits per heavy atom. The van der Waals surface area contributed by atoms with Gasteiger partial charge in [0.05, 0.1) is 11.9 Å². The molecule has 1 fully saturated rings. The number of hydrogen-bond donors (Lipinski definition) is 2. The Balaban J connectivity index is 1.68. The zero-order valence-electron chi connectivity index (χ0n) is 17.2. The highest BCUT2D eigenvalue weighted by molar-refractivity contribution is 7.07. The number of aromatic nitrogens is 1. The average molecular weight is 422 g/mol. The topological polar surface area (TPSA) is 70.1 Å². The highest BCUT2D eigenvalue weighted by atomic mass is 32.1. The normalized spacial score (nSPS) is 15.8. The van der Waals surface area contributed by atoms with Crippen LogP contribution < -0.4 is 4.80 Å². The molecule has 0 bridgehead atoms. The Hall–Kier alpha value is -2.86. The van der Waals surface area contributed by atoms with Crippen molar-refractivity contribution in [3.05, 3.63) is 63.8 Å². The first kappa shape index (κ1) is 20.4. The first-order valence-corrected chi connectivity index (χ1v) is 11.4. The van der Waals surface area contributed by atoms with E-state index in [-0.39, 0.29) is 11.5 Å². The van der Waals surface area contributed by atoms with E-state index in [9.17, 15) is 10.2 Å². The number of aromatic hydroxyl groups is 2. The summed E-state index contributed by atoms with van der Waals surface area (Å²) < 4.78 is 1.80. The predicted molar refractivity (Wildman–Crippen MR) is 122 cm³/mol. The number of nitrogens with zero attached hydrogens (tertiary/aromatic N) is 3. The van der Waals surface area contributed by atoms with Crippen molar-refractivity contribution in [2.24, 2.45) is 10.1 Å². The third kappa shape index (κ3) is 4.33. The van der Waals surface area contributed by atoms with Crippen LogP contribution in [0.1, 0.15) is 56.1 Å². The fraction of sp³-hybridized carbons (Fsp3) is 0.333. The monoisotopic (exact) mass is 421 g/mol. The summed E-state index contributed by atoms with van der Waals surface area (Å²) in [5.41, 5.74) is 3.92. The summed E-state index contributed by atoms with van der Waals surface area (Å²) in [5.74, 6) is 0.343. The summed E-state index contributed by atoms with van der Waals surface area (Å²) in [7, 11) is 0. The van der Waals surface area contributed by atoms with Crippen LogP contribution in [-0.2, 0) is 0 Å². The SMILES string of the molecule is CCN=c1scc(-c2ccc(C3CCCCC3)cc2)n1N=Cc1cccc(O)c1O. The molecule has 3 aromatic rings. The number of phenols is 2. The maximum Gasteiger partial charge on any atom is 0.206 e. The minimum absolute atomic E-state index is 0.161. The van der Waals surface area contributed by atoms with Crippen LogP contribution in [0.2, 0.25) is 0 Å². The second kappa shape index (κ2) is 9.30. The first-order chi connectivity index (χ1) is 14.7. The number of rotatable bonds is 5. The Morgan fingerprint density at radius 3 is 2.57 bits per heavy atom. The third-order valence-corrected chi connectivity index (χ3v) is 6.47. The van der Waals surface area contributed by atoms with Crippen molar-refractivity contribution in [3.63, 3.8) is 0 Å². The van der Waals surface area contributed by atoms with E-state index in [1.165, 1.54) is 43.7 Å². The largest absolute Gasteiger partial charge is 0.504 e. The third-order valence-electron chi connectivity index (χ3n) is 5.62. The van der Waals surface area contributed by atoms with Gasteiger partial charge in [0.2, 0.25) is 4.80 Å². The first-order valence-electron chi connectivity index (χ1n) is 10.5. The summed E-state index contributed by atoms with van der Waals surface area (Å²) in [6.45, 7) is 2.65. The van der Waals surface area contributed by atoms with Gasteiger partial charge in [-0.05, 0) is 43.4 Å². The van der Waals surface area contributed by atoms with Crippen molar-refractivity contribution in [2.45, 2.75) is 44.9 Å². The quantitative estimate of drug-likeness (QED) is 0.423. The van der Waals surface area contributed by atoms with Gasteiger partial charge in [0.1, 0.15) is 0 Å². The molecule has 1 saturated carbocycles. The van der Waals surface area contributed by atoms with Gasteiger partial charge in [-0.15, -0.1) is 11.3 Å². The minimum Gasteiger partial charge on any atom is -0.504 e. The van der Waals surface area contributed by atoms with E-state index in [2.05, 4.69) is 39.7 Å². The Kier molecular flexibility index (Phi) is 6.33. The Morgan fingerprint density at radius 2 is 1.83 bits per heavy atom. The maximum atomic E-state index is 10.1. The Bertz CT molecular complexity index is 1090. The number of phenolic OH excluding ortho intramolecular Hbond substituents is 2. The molecule has 4 rings (SSSR count). The fourth-order valence-electron chi connectivity index (χ4n) is 3.99. The van der Waals surface area contributed by atoms with Crippen LogP contribution in [-0.4, -0.2) is 27.6 Å². The molecule has 0 atom stereocenters. The molecular weight excluding hydrogens is 394 g/mol. The van der Waals surface area contributed by atoms with Gasteiger partial charge in [0.25, 0.3) is 0 Å². The van der Waals surface area contributed by atoms with Crippen molar-refractivity contribution in [3.8, 4) is 22.8 Å². The molecule has 1 heterocycles. The molecule has 156 valence electrons. The van der Waals surface area contributed by atoms with Crippen LogP contribution in [0.4, 0.5) is 0 Å². The van der Waals surface area contributed by atoms with E-state index in [1.807, 2.05) is 6.92 Å². The molecule has 2 aromatic carbocycles. The Labute approximate surface area is 180 Å². The lowest BCUT2D eigenvalue weighted by atomic mass is 9.84. The molecule has 0 saturated heterocycles. The van der Waals surface area contributed by atoms with Crippen molar-refractivity contribution in [2.75, 3.05) is 6.54 Å². The summed E-state index contributed by atoms with van der Waals surface area (Å²) in [6.07, 6.45) is 8.14. The predicted octanol–water partition coefficient (Wildman–Crippen LogP) is 5.48. The van der Waals surface area contributed by atoms with Gasteiger partial charge in [-0.3, -0.25) is 4.99 Å². The van der Waals surface area contributed by atoms with Gasteiger partial charge in [-0.1, -0.05) is 49.6 Å². The van der Waals surface area contributed by atoms with Crippen molar-refractivity contribution < 1.29 is 10.2 Å². The van der Waals surface area contributed by atoms with E-state index in [1.54, 1.807) is 34.4 Å². The molecule has 1 aromatic heterocycles. The fourth-order valence-corrected chi connectivity index (χ4v) is 4.89. The van der Waals surface area contributed by atoms with Gasteiger partial charge in [-0.25, -0.2) is 4.68 Å². The van der Waals surface area contributed by atoms with E-state index >= 15 is 0 Å². The highest BCUT2D eigenvalue weighted by Gasteiger charge is 2.16. The molecule has 0 spiro atoms. The molecule has 0 aliphatic heterocycles. The van der Waals surface area contributed by atoms with Gasteiger partial charge in [-0.2, -0.15) is 5.10 Å². The van der Waals surface area contributed by atoms with Gasteiger partial charge < -0.3 is 10.2 Å². The van der Waals surface area contributed by atoms with Gasteiger partial charge in [0.15, 0.2) is 11.5 Å². The second-order valence-electron chi connectivity index (χ2n) is 7.61.